The van der Waals surface area contributed by atoms with Gasteiger partial charge in [-0.3, -0.25) is 0 Å². The Morgan fingerprint density at radius 1 is 1.14 bits per heavy atom. The summed E-state index contributed by atoms with van der Waals surface area (Å²) in [6.45, 7) is 2.38. The highest BCUT2D eigenvalue weighted by atomic mass is 16.5. The Morgan fingerprint density at radius 3 is 2.76 bits per heavy atom. The molecule has 2 rings (SSSR count). The lowest BCUT2D eigenvalue weighted by atomic mass is 9.95. The van der Waals surface area contributed by atoms with Crippen LogP contribution in [-0.2, 0) is 16.0 Å². The van der Waals surface area contributed by atoms with Gasteiger partial charge < -0.3 is 19.5 Å². The van der Waals surface area contributed by atoms with Crippen molar-refractivity contribution >= 4 is 0 Å². The van der Waals surface area contributed by atoms with Gasteiger partial charge >= 0.3 is 0 Å². The fraction of sp³-hybridized carbons (Fsp3) is 0.647. The van der Waals surface area contributed by atoms with Crippen molar-refractivity contribution in [1.82, 2.24) is 5.32 Å². The van der Waals surface area contributed by atoms with Crippen LogP contribution < -0.4 is 10.1 Å². The van der Waals surface area contributed by atoms with E-state index < -0.39 is 0 Å². The Bertz CT molecular complexity index is 411. The monoisotopic (exact) mass is 293 g/mol. The summed E-state index contributed by atoms with van der Waals surface area (Å²) in [5.41, 5.74) is 1.20. The third-order valence-electron chi connectivity index (χ3n) is 3.98. The van der Waals surface area contributed by atoms with Crippen LogP contribution in [0, 0.1) is 0 Å². The Labute approximate surface area is 127 Å². The lowest BCUT2D eigenvalue weighted by molar-refractivity contribution is 0.0206. The summed E-state index contributed by atoms with van der Waals surface area (Å²) in [6.07, 6.45) is 5.04. The van der Waals surface area contributed by atoms with E-state index in [2.05, 4.69) is 23.5 Å². The van der Waals surface area contributed by atoms with E-state index in [-0.39, 0.29) is 6.10 Å². The molecule has 4 heteroatoms. The van der Waals surface area contributed by atoms with Gasteiger partial charge in [0.05, 0.1) is 12.7 Å². The van der Waals surface area contributed by atoms with Crippen LogP contribution in [0.2, 0.25) is 0 Å². The number of hydrogen-bond acceptors (Lipinski definition) is 4. The number of ether oxygens (including phenoxy) is 3. The van der Waals surface area contributed by atoms with Gasteiger partial charge in [-0.25, -0.2) is 0 Å². The first-order valence-electron chi connectivity index (χ1n) is 7.80. The van der Waals surface area contributed by atoms with Crippen LogP contribution in [0.5, 0.6) is 5.75 Å². The van der Waals surface area contributed by atoms with Crippen molar-refractivity contribution in [2.24, 2.45) is 0 Å². The lowest BCUT2D eigenvalue weighted by Gasteiger charge is -2.29. The first-order chi connectivity index (χ1) is 10.3. The van der Waals surface area contributed by atoms with Crippen LogP contribution in [-0.4, -0.2) is 39.6 Å². The molecule has 21 heavy (non-hydrogen) atoms. The maximum atomic E-state index is 6.22. The predicted molar refractivity (Wildman–Crippen MR) is 83.7 cm³/mol. The molecule has 1 N–H and O–H groups in total. The summed E-state index contributed by atoms with van der Waals surface area (Å²) in [4.78, 5) is 0. The highest BCUT2D eigenvalue weighted by molar-refractivity contribution is 5.33. The van der Waals surface area contributed by atoms with E-state index in [9.17, 15) is 0 Å². The quantitative estimate of drug-likeness (QED) is 0.748. The van der Waals surface area contributed by atoms with Crippen molar-refractivity contribution in [3.8, 4) is 5.75 Å². The van der Waals surface area contributed by atoms with Gasteiger partial charge in [0, 0.05) is 39.3 Å². The molecule has 0 saturated heterocycles. The molecule has 1 aliphatic carbocycles. The van der Waals surface area contributed by atoms with Crippen molar-refractivity contribution in [1.29, 1.82) is 0 Å². The molecule has 1 aromatic carbocycles. The molecule has 0 heterocycles. The number of methoxy groups -OCH3 is 2. The van der Waals surface area contributed by atoms with Crippen molar-refractivity contribution in [2.75, 3.05) is 27.4 Å². The number of nitrogens with one attached hydrogen (secondary N) is 1. The first-order valence-corrected chi connectivity index (χ1v) is 7.80. The minimum Gasteiger partial charge on any atom is -0.490 e. The maximum Gasteiger partial charge on any atom is 0.124 e. The van der Waals surface area contributed by atoms with Crippen LogP contribution in [0.1, 0.15) is 31.2 Å². The summed E-state index contributed by atoms with van der Waals surface area (Å²) < 4.78 is 16.7. The number of para-hydroxylation sites is 1. The van der Waals surface area contributed by atoms with Crippen molar-refractivity contribution in [2.45, 2.75) is 44.4 Å². The molecule has 0 radical (unpaired) electrons. The van der Waals surface area contributed by atoms with E-state index in [1.807, 2.05) is 6.07 Å². The summed E-state index contributed by atoms with van der Waals surface area (Å²) >= 11 is 0. The molecule has 118 valence electrons. The fourth-order valence-electron chi connectivity index (χ4n) is 2.76. The summed E-state index contributed by atoms with van der Waals surface area (Å²) in [5, 5.41) is 3.37. The summed E-state index contributed by atoms with van der Waals surface area (Å²) in [7, 11) is 3.51. The normalized spacial score (nSPS) is 22.2. The summed E-state index contributed by atoms with van der Waals surface area (Å²) in [6, 6.07) is 8.26. The molecule has 1 fully saturated rings. The fourth-order valence-corrected chi connectivity index (χ4v) is 2.76. The molecule has 1 saturated carbocycles. The van der Waals surface area contributed by atoms with Gasteiger partial charge in [-0.05, 0) is 25.3 Å². The van der Waals surface area contributed by atoms with E-state index in [4.69, 9.17) is 14.2 Å². The van der Waals surface area contributed by atoms with Crippen LogP contribution in [0.25, 0.3) is 0 Å². The second-order valence-electron chi connectivity index (χ2n) is 5.54. The summed E-state index contributed by atoms with van der Waals surface area (Å²) in [5.74, 6) is 0.990. The highest BCUT2D eigenvalue weighted by Gasteiger charge is 2.23. The standard InChI is InChI=1S/C17H27NO3/c1-19-11-10-18-13-14-6-3-4-9-17(14)21-16-8-5-7-15(12-16)20-2/h3-4,6,9,15-16,18H,5,7-8,10-13H2,1-2H3. The minimum atomic E-state index is 0.267. The Morgan fingerprint density at radius 2 is 1.95 bits per heavy atom. The van der Waals surface area contributed by atoms with Gasteiger partial charge in [-0.1, -0.05) is 18.2 Å². The number of hydrogen-bond donors (Lipinski definition) is 1. The van der Waals surface area contributed by atoms with Crippen LogP contribution in [0.3, 0.4) is 0 Å². The Kier molecular flexibility index (Phi) is 7.00. The van der Waals surface area contributed by atoms with Crippen molar-refractivity contribution in [3.63, 3.8) is 0 Å². The van der Waals surface area contributed by atoms with Crippen LogP contribution in [0.4, 0.5) is 0 Å². The van der Waals surface area contributed by atoms with Crippen LogP contribution >= 0.6 is 0 Å². The lowest BCUT2D eigenvalue weighted by Crippen LogP contribution is -2.30. The van der Waals surface area contributed by atoms with Gasteiger partial charge in [-0.15, -0.1) is 0 Å². The highest BCUT2D eigenvalue weighted by Crippen LogP contribution is 2.27. The molecule has 1 aliphatic rings. The van der Waals surface area contributed by atoms with Gasteiger partial charge in [0.2, 0.25) is 0 Å². The molecule has 0 aromatic heterocycles. The van der Waals surface area contributed by atoms with Gasteiger partial charge in [-0.2, -0.15) is 0 Å². The van der Waals surface area contributed by atoms with E-state index in [0.717, 1.165) is 44.7 Å². The van der Waals surface area contributed by atoms with Crippen molar-refractivity contribution in [3.05, 3.63) is 29.8 Å². The van der Waals surface area contributed by atoms with Crippen LogP contribution in [0.15, 0.2) is 24.3 Å². The zero-order chi connectivity index (χ0) is 14.9. The molecule has 2 unspecified atom stereocenters. The third kappa shape index (κ3) is 5.30. The predicted octanol–water partition coefficient (Wildman–Crippen LogP) is 2.76. The Balaban J connectivity index is 1.89. The topological polar surface area (TPSA) is 39.7 Å². The number of benzene rings is 1. The zero-order valence-corrected chi connectivity index (χ0v) is 13.1. The van der Waals surface area contributed by atoms with E-state index >= 15 is 0 Å². The maximum absolute atomic E-state index is 6.22. The first kappa shape index (κ1) is 16.3. The SMILES string of the molecule is COCCNCc1ccccc1OC1CCCC(OC)C1. The average molecular weight is 293 g/mol. The largest absolute Gasteiger partial charge is 0.490 e. The van der Waals surface area contributed by atoms with E-state index in [1.165, 1.54) is 12.0 Å². The third-order valence-corrected chi connectivity index (χ3v) is 3.98. The molecule has 1 aromatic rings. The molecular formula is C17H27NO3. The van der Waals surface area contributed by atoms with E-state index in [0.29, 0.717) is 6.10 Å². The molecular weight excluding hydrogens is 266 g/mol. The Hall–Kier alpha value is -1.10. The van der Waals surface area contributed by atoms with Gasteiger partial charge in [0.15, 0.2) is 0 Å². The molecule has 0 spiro atoms. The number of rotatable bonds is 8. The minimum absolute atomic E-state index is 0.267. The molecule has 4 nitrogen and oxygen atoms in total. The second kappa shape index (κ2) is 9.03. The van der Waals surface area contributed by atoms with Gasteiger partial charge in [0.1, 0.15) is 11.9 Å². The average Bonchev–Trinajstić information content (AvgIpc) is 2.53. The smallest absolute Gasteiger partial charge is 0.124 e. The molecule has 0 aliphatic heterocycles. The van der Waals surface area contributed by atoms with Crippen molar-refractivity contribution < 1.29 is 14.2 Å². The molecule has 2 atom stereocenters. The molecule has 0 bridgehead atoms. The zero-order valence-electron chi connectivity index (χ0n) is 13.1. The molecule has 0 amide bonds. The van der Waals surface area contributed by atoms with Gasteiger partial charge in [0.25, 0.3) is 0 Å². The second-order valence-corrected chi connectivity index (χ2v) is 5.54. The van der Waals surface area contributed by atoms with E-state index in [1.54, 1.807) is 14.2 Å².